The lowest BCUT2D eigenvalue weighted by Gasteiger charge is -2.08. The first-order valence-electron chi connectivity index (χ1n) is 6.76. The van der Waals surface area contributed by atoms with E-state index in [2.05, 4.69) is 22.0 Å². The molecule has 2 aromatic heterocycles. The second kappa shape index (κ2) is 5.36. The van der Waals surface area contributed by atoms with Gasteiger partial charge in [-0.1, -0.05) is 23.7 Å². The van der Waals surface area contributed by atoms with Crippen LogP contribution in [0.4, 0.5) is 0 Å². The molecule has 0 amide bonds. The molecule has 20 heavy (non-hydrogen) atoms. The Hall–Kier alpha value is -1.69. The maximum absolute atomic E-state index is 12.1. The fraction of sp³-hybridized carbons (Fsp3) is 0.538. The summed E-state index contributed by atoms with van der Waals surface area (Å²) in [6.45, 7) is 2.31. The molecule has 0 atom stereocenters. The average Bonchev–Trinajstić information content (AvgIpc) is 3.15. The van der Waals surface area contributed by atoms with Gasteiger partial charge >= 0.3 is 0 Å². The monoisotopic (exact) mass is 294 g/mol. The molecule has 1 saturated carbocycles. The van der Waals surface area contributed by atoms with Gasteiger partial charge in [-0.2, -0.15) is 4.98 Å². The summed E-state index contributed by atoms with van der Waals surface area (Å²) in [5, 5.41) is 4.13. The number of rotatable bonds is 5. The first-order chi connectivity index (χ1) is 9.67. The van der Waals surface area contributed by atoms with E-state index < -0.39 is 0 Å². The van der Waals surface area contributed by atoms with Crippen LogP contribution in [0.5, 0.6) is 0 Å². The molecule has 0 saturated heterocycles. The van der Waals surface area contributed by atoms with E-state index in [1.807, 2.05) is 0 Å². The van der Waals surface area contributed by atoms with E-state index in [9.17, 15) is 4.79 Å². The van der Waals surface area contributed by atoms with E-state index in [4.69, 9.17) is 16.1 Å². The molecule has 2 heterocycles. The van der Waals surface area contributed by atoms with Crippen LogP contribution < -0.4 is 5.56 Å². The molecule has 6 nitrogen and oxygen atoms in total. The molecule has 0 N–H and O–H groups in total. The molecule has 0 bridgehead atoms. The largest absolute Gasteiger partial charge is 0.337 e. The van der Waals surface area contributed by atoms with Crippen LogP contribution in [-0.4, -0.2) is 19.7 Å². The van der Waals surface area contributed by atoms with E-state index in [0.717, 1.165) is 31.5 Å². The summed E-state index contributed by atoms with van der Waals surface area (Å²) < 4.78 is 6.76. The first kappa shape index (κ1) is 13.3. The third-order valence-corrected chi connectivity index (χ3v) is 3.42. The molecule has 0 aromatic carbocycles. The van der Waals surface area contributed by atoms with Crippen LogP contribution in [0.1, 0.15) is 49.6 Å². The molecule has 0 spiro atoms. The molecule has 0 radical (unpaired) electrons. The number of hydrogen-bond donors (Lipinski definition) is 0. The molecule has 1 aliphatic rings. The SMILES string of the molecule is CCCc1noc(Cn2c(C3CC3)nc(Cl)cc2=O)n1. The topological polar surface area (TPSA) is 73.8 Å². The Kier molecular flexibility index (Phi) is 3.56. The molecule has 1 aliphatic carbocycles. The predicted octanol–water partition coefficient (Wildman–Crippen LogP) is 2.16. The van der Waals surface area contributed by atoms with E-state index in [0.29, 0.717) is 17.6 Å². The highest BCUT2D eigenvalue weighted by molar-refractivity contribution is 6.29. The second-order valence-electron chi connectivity index (χ2n) is 4.99. The summed E-state index contributed by atoms with van der Waals surface area (Å²) in [4.78, 5) is 20.6. The smallest absolute Gasteiger partial charge is 0.255 e. The van der Waals surface area contributed by atoms with Crippen LogP contribution >= 0.6 is 11.6 Å². The summed E-state index contributed by atoms with van der Waals surface area (Å²) >= 11 is 5.87. The zero-order valence-corrected chi connectivity index (χ0v) is 11.9. The summed E-state index contributed by atoms with van der Waals surface area (Å²) in [6, 6.07) is 1.32. The van der Waals surface area contributed by atoms with E-state index in [1.165, 1.54) is 6.07 Å². The maximum Gasteiger partial charge on any atom is 0.255 e. The van der Waals surface area contributed by atoms with Crippen molar-refractivity contribution >= 4 is 11.6 Å². The van der Waals surface area contributed by atoms with Gasteiger partial charge in [0.2, 0.25) is 5.89 Å². The molecule has 1 fully saturated rings. The van der Waals surface area contributed by atoms with E-state index in [1.54, 1.807) is 4.57 Å². The van der Waals surface area contributed by atoms with Gasteiger partial charge in [-0.05, 0) is 19.3 Å². The van der Waals surface area contributed by atoms with Gasteiger partial charge in [0.05, 0.1) is 0 Å². The van der Waals surface area contributed by atoms with Gasteiger partial charge < -0.3 is 4.52 Å². The highest BCUT2D eigenvalue weighted by atomic mass is 35.5. The highest BCUT2D eigenvalue weighted by Crippen LogP contribution is 2.38. The van der Waals surface area contributed by atoms with E-state index >= 15 is 0 Å². The lowest BCUT2D eigenvalue weighted by Crippen LogP contribution is -2.25. The van der Waals surface area contributed by atoms with Gasteiger partial charge in [0.1, 0.15) is 17.5 Å². The molecule has 3 rings (SSSR count). The van der Waals surface area contributed by atoms with Crippen molar-refractivity contribution in [1.29, 1.82) is 0 Å². The van der Waals surface area contributed by atoms with Crippen LogP contribution in [0.2, 0.25) is 5.15 Å². The average molecular weight is 295 g/mol. The van der Waals surface area contributed by atoms with Crippen LogP contribution in [0.3, 0.4) is 0 Å². The number of aromatic nitrogens is 4. The fourth-order valence-electron chi connectivity index (χ4n) is 2.12. The van der Waals surface area contributed by atoms with Crippen molar-refractivity contribution < 1.29 is 4.52 Å². The van der Waals surface area contributed by atoms with Gasteiger partial charge in [0.15, 0.2) is 5.82 Å². The Labute approximate surface area is 120 Å². The Bertz CT molecular complexity index is 675. The minimum absolute atomic E-state index is 0.179. The fourth-order valence-corrected chi connectivity index (χ4v) is 2.30. The molecular formula is C13H15ClN4O2. The van der Waals surface area contributed by atoms with Gasteiger partial charge in [-0.15, -0.1) is 0 Å². The van der Waals surface area contributed by atoms with E-state index in [-0.39, 0.29) is 17.3 Å². The Balaban J connectivity index is 1.91. The highest BCUT2D eigenvalue weighted by Gasteiger charge is 2.29. The molecule has 2 aromatic rings. The Morgan fingerprint density at radius 2 is 2.25 bits per heavy atom. The third kappa shape index (κ3) is 2.75. The minimum atomic E-state index is -0.179. The van der Waals surface area contributed by atoms with Crippen LogP contribution in [0.15, 0.2) is 15.4 Å². The van der Waals surface area contributed by atoms with Crippen LogP contribution in [-0.2, 0) is 13.0 Å². The zero-order chi connectivity index (χ0) is 14.1. The quantitative estimate of drug-likeness (QED) is 0.790. The van der Waals surface area contributed by atoms with Gasteiger partial charge in [-0.25, -0.2) is 4.98 Å². The maximum atomic E-state index is 12.1. The Morgan fingerprint density at radius 1 is 1.45 bits per heavy atom. The second-order valence-corrected chi connectivity index (χ2v) is 5.38. The summed E-state index contributed by atoms with van der Waals surface area (Å²) in [5.41, 5.74) is -0.179. The van der Waals surface area contributed by atoms with Gasteiger partial charge in [-0.3, -0.25) is 9.36 Å². The number of hydrogen-bond acceptors (Lipinski definition) is 5. The summed E-state index contributed by atoms with van der Waals surface area (Å²) in [6.07, 6.45) is 3.80. The van der Waals surface area contributed by atoms with Gasteiger partial charge in [0, 0.05) is 18.4 Å². The van der Waals surface area contributed by atoms with Crippen LogP contribution in [0.25, 0.3) is 0 Å². The summed E-state index contributed by atoms with van der Waals surface area (Å²) in [7, 11) is 0. The standard InChI is InChI=1S/C13H15ClN4O2/c1-2-3-10-16-11(20-17-10)7-18-12(19)6-9(14)15-13(18)8-4-5-8/h6,8H,2-5,7H2,1H3. The predicted molar refractivity (Wildman–Crippen MR) is 72.9 cm³/mol. The normalized spacial score (nSPS) is 14.7. The summed E-state index contributed by atoms with van der Waals surface area (Å²) in [5.74, 6) is 2.14. The van der Waals surface area contributed by atoms with Crippen molar-refractivity contribution in [2.75, 3.05) is 0 Å². The van der Waals surface area contributed by atoms with Crippen molar-refractivity contribution in [3.8, 4) is 0 Å². The van der Waals surface area contributed by atoms with Gasteiger partial charge in [0.25, 0.3) is 5.56 Å². The minimum Gasteiger partial charge on any atom is -0.337 e. The zero-order valence-electron chi connectivity index (χ0n) is 11.2. The lowest BCUT2D eigenvalue weighted by atomic mass is 10.3. The molecule has 0 aliphatic heterocycles. The number of aryl methyl sites for hydroxylation is 1. The Morgan fingerprint density at radius 3 is 2.95 bits per heavy atom. The van der Waals surface area contributed by atoms with Crippen molar-refractivity contribution in [2.45, 2.75) is 45.1 Å². The third-order valence-electron chi connectivity index (χ3n) is 3.23. The molecule has 106 valence electrons. The van der Waals surface area contributed by atoms with Crippen molar-refractivity contribution in [3.63, 3.8) is 0 Å². The lowest BCUT2D eigenvalue weighted by molar-refractivity contribution is 0.362. The molecule has 7 heteroatoms. The molecular weight excluding hydrogens is 280 g/mol. The van der Waals surface area contributed by atoms with Crippen molar-refractivity contribution in [2.24, 2.45) is 0 Å². The number of nitrogens with zero attached hydrogens (tertiary/aromatic N) is 4. The first-order valence-corrected chi connectivity index (χ1v) is 7.14. The molecule has 0 unspecified atom stereocenters. The van der Waals surface area contributed by atoms with Crippen molar-refractivity contribution in [1.82, 2.24) is 19.7 Å². The number of halogens is 1. The van der Waals surface area contributed by atoms with Crippen LogP contribution in [0, 0.1) is 0 Å². The van der Waals surface area contributed by atoms with Crippen molar-refractivity contribution in [3.05, 3.63) is 39.1 Å².